The molecule has 0 N–H and O–H groups in total. The Morgan fingerprint density at radius 1 is 0.545 bits per heavy atom. The molecule has 0 saturated carbocycles. The van der Waals surface area contributed by atoms with Crippen LogP contribution in [-0.4, -0.2) is 0 Å². The van der Waals surface area contributed by atoms with Gasteiger partial charge >= 0.3 is 26.2 Å². The second-order valence-corrected chi connectivity index (χ2v) is 6.85. The van der Waals surface area contributed by atoms with E-state index in [1.807, 2.05) is 0 Å². The molecule has 0 amide bonds. The van der Waals surface area contributed by atoms with E-state index in [1.165, 1.54) is 11.1 Å². The second-order valence-electron chi connectivity index (χ2n) is 6.85. The Morgan fingerprint density at radius 2 is 0.727 bits per heavy atom. The monoisotopic (exact) mass is 452 g/mol. The van der Waals surface area contributed by atoms with Crippen LogP contribution in [0.4, 0.5) is 0 Å². The van der Waals surface area contributed by atoms with E-state index < -0.39 is 0 Å². The molecular formula is C20H32Zr2. The maximum absolute atomic E-state index is 2.22. The van der Waals surface area contributed by atoms with Gasteiger partial charge in [0.1, 0.15) is 0 Å². The molecule has 0 radical (unpaired) electrons. The standard InChI is InChI=1S/2C9H13.2CH3.2Zr/c2*1-9(2,3)8-6-4-5-7-8;;;;/h2*4-7H,1-3H3;2*1H3;;/q4*-1;;+4. The molecule has 0 nitrogen and oxygen atoms in total. The fourth-order valence-corrected chi connectivity index (χ4v) is 1.75. The minimum absolute atomic E-state index is 0. The van der Waals surface area contributed by atoms with Crippen molar-refractivity contribution in [2.45, 2.75) is 52.4 Å². The third-order valence-corrected chi connectivity index (χ3v) is 3.06. The average Bonchev–Trinajstić information content (AvgIpc) is 2.91. The summed E-state index contributed by atoms with van der Waals surface area (Å²) in [5.41, 5.74) is 3.48. The molecule has 0 heterocycles. The summed E-state index contributed by atoms with van der Waals surface area (Å²) in [5, 5.41) is 0. The third kappa shape index (κ3) is 11.1. The van der Waals surface area contributed by atoms with E-state index in [1.54, 1.807) is 0 Å². The molecule has 120 valence electrons. The fourth-order valence-electron chi connectivity index (χ4n) is 1.75. The number of hydrogen-bond acceptors (Lipinski definition) is 0. The first-order chi connectivity index (χ1) is 8.21. The van der Waals surface area contributed by atoms with Gasteiger partial charge in [-0.1, -0.05) is 52.4 Å². The number of rotatable bonds is 0. The summed E-state index contributed by atoms with van der Waals surface area (Å²) in [6.07, 6.45) is 0. The van der Waals surface area contributed by atoms with Crippen molar-refractivity contribution in [1.82, 2.24) is 0 Å². The Labute approximate surface area is 178 Å². The van der Waals surface area contributed by atoms with Crippen LogP contribution >= 0.6 is 0 Å². The molecular weight excluding hydrogens is 423 g/mol. The minimum Gasteiger partial charge on any atom is -0.358 e. The van der Waals surface area contributed by atoms with Crippen molar-refractivity contribution in [3.8, 4) is 0 Å². The Balaban J connectivity index is -0.000000125. The predicted octanol–water partition coefficient (Wildman–Crippen LogP) is 6.30. The van der Waals surface area contributed by atoms with Crippen molar-refractivity contribution in [2.24, 2.45) is 0 Å². The summed E-state index contributed by atoms with van der Waals surface area (Å²) in [4.78, 5) is 0. The van der Waals surface area contributed by atoms with Crippen LogP contribution in [0, 0.1) is 14.9 Å². The maximum atomic E-state index is 2.22. The van der Waals surface area contributed by atoms with Crippen LogP contribution in [0.1, 0.15) is 52.7 Å². The van der Waals surface area contributed by atoms with Gasteiger partial charge in [0.25, 0.3) is 0 Å². The molecule has 0 fully saturated rings. The zero-order chi connectivity index (χ0) is 13.8. The zero-order valence-corrected chi connectivity index (χ0v) is 20.5. The third-order valence-electron chi connectivity index (χ3n) is 3.06. The molecule has 0 bridgehead atoms. The van der Waals surface area contributed by atoms with Gasteiger partial charge in [-0.25, -0.2) is 24.3 Å². The van der Waals surface area contributed by atoms with Crippen LogP contribution in [0.3, 0.4) is 0 Å². The first-order valence-electron chi connectivity index (χ1n) is 6.65. The molecule has 0 unspecified atom stereocenters. The quantitative estimate of drug-likeness (QED) is 0.410. The first kappa shape index (κ1) is 30.4. The topological polar surface area (TPSA) is 0 Å². The predicted molar refractivity (Wildman–Crippen MR) is 94.3 cm³/mol. The van der Waals surface area contributed by atoms with E-state index >= 15 is 0 Å². The fraction of sp³-hybridized carbons (Fsp3) is 0.400. The first-order valence-corrected chi connectivity index (χ1v) is 6.65. The van der Waals surface area contributed by atoms with Gasteiger partial charge in [0.2, 0.25) is 0 Å². The molecule has 2 heteroatoms. The SMILES string of the molecule is CC(C)(C)[c-]1cccc1.CC(C)(C)[c-]1cccc1.[CH3-].[CH3-].[Zr+4].[Zr]. The van der Waals surface area contributed by atoms with Gasteiger partial charge in [-0.05, 0) is 0 Å². The van der Waals surface area contributed by atoms with Gasteiger partial charge in [-0.15, -0.1) is 0 Å². The van der Waals surface area contributed by atoms with Crippen LogP contribution in [0.5, 0.6) is 0 Å². The van der Waals surface area contributed by atoms with E-state index in [0.717, 1.165) is 0 Å². The van der Waals surface area contributed by atoms with E-state index in [2.05, 4.69) is 90.1 Å². The van der Waals surface area contributed by atoms with Crippen molar-refractivity contribution >= 4 is 0 Å². The molecule has 2 aromatic rings. The Bertz CT molecular complexity index is 379. The molecule has 0 atom stereocenters. The summed E-state index contributed by atoms with van der Waals surface area (Å²) in [6.45, 7) is 13.3. The van der Waals surface area contributed by atoms with Crippen LogP contribution in [0.2, 0.25) is 0 Å². The van der Waals surface area contributed by atoms with E-state index in [0.29, 0.717) is 10.8 Å². The van der Waals surface area contributed by atoms with Crippen LogP contribution < -0.4 is 0 Å². The van der Waals surface area contributed by atoms with Crippen molar-refractivity contribution in [1.29, 1.82) is 0 Å². The minimum atomic E-state index is 0. The summed E-state index contributed by atoms with van der Waals surface area (Å²) < 4.78 is 0. The van der Waals surface area contributed by atoms with Crippen molar-refractivity contribution in [3.05, 3.63) is 74.5 Å². The smallest absolute Gasteiger partial charge is 0.358 e. The molecule has 0 aliphatic carbocycles. The molecule has 0 spiro atoms. The summed E-state index contributed by atoms with van der Waals surface area (Å²) in [6, 6.07) is 17.0. The van der Waals surface area contributed by atoms with Gasteiger partial charge < -0.3 is 14.9 Å². The normalized spacial score (nSPS) is 9.73. The van der Waals surface area contributed by atoms with E-state index in [4.69, 9.17) is 0 Å². The van der Waals surface area contributed by atoms with Gasteiger partial charge in [0.15, 0.2) is 0 Å². The van der Waals surface area contributed by atoms with Gasteiger partial charge in [0.05, 0.1) is 0 Å². The Kier molecular flexibility index (Phi) is 17.7. The van der Waals surface area contributed by atoms with Crippen molar-refractivity contribution < 1.29 is 52.4 Å². The largest absolute Gasteiger partial charge is 4.00 e. The Morgan fingerprint density at radius 3 is 0.818 bits per heavy atom. The average molecular weight is 455 g/mol. The molecule has 0 aliphatic rings. The summed E-state index contributed by atoms with van der Waals surface area (Å²) >= 11 is 0. The van der Waals surface area contributed by atoms with Gasteiger partial charge in [-0.2, -0.15) is 35.4 Å². The summed E-state index contributed by atoms with van der Waals surface area (Å²) in [5.74, 6) is 0. The van der Waals surface area contributed by atoms with E-state index in [-0.39, 0.29) is 67.3 Å². The van der Waals surface area contributed by atoms with Crippen LogP contribution in [0.15, 0.2) is 48.5 Å². The van der Waals surface area contributed by atoms with Crippen LogP contribution in [-0.2, 0) is 63.2 Å². The van der Waals surface area contributed by atoms with Crippen molar-refractivity contribution in [3.63, 3.8) is 0 Å². The summed E-state index contributed by atoms with van der Waals surface area (Å²) in [7, 11) is 0. The van der Waals surface area contributed by atoms with E-state index in [9.17, 15) is 0 Å². The van der Waals surface area contributed by atoms with Gasteiger partial charge in [-0.3, -0.25) is 0 Å². The Hall–Kier alpha value is 0.466. The van der Waals surface area contributed by atoms with Crippen molar-refractivity contribution in [2.75, 3.05) is 0 Å². The molecule has 0 aliphatic heterocycles. The zero-order valence-electron chi connectivity index (χ0n) is 15.6. The molecule has 2 aromatic carbocycles. The second kappa shape index (κ2) is 12.8. The van der Waals surface area contributed by atoms with Gasteiger partial charge in [0, 0.05) is 26.2 Å². The maximum Gasteiger partial charge on any atom is 4.00 e. The molecule has 0 saturated heterocycles. The van der Waals surface area contributed by atoms with Crippen LogP contribution in [0.25, 0.3) is 0 Å². The molecule has 2 rings (SSSR count). The molecule has 0 aromatic heterocycles. The number of hydrogen-bond donors (Lipinski definition) is 0. The molecule has 22 heavy (non-hydrogen) atoms.